The molecule has 0 unspecified atom stereocenters. The van der Waals surface area contributed by atoms with Crippen LogP contribution in [0, 0.1) is 0 Å². The maximum atomic E-state index is 12.5. The highest BCUT2D eigenvalue weighted by atomic mass is 32.1. The molecule has 1 N–H and O–H groups in total. The zero-order valence-corrected chi connectivity index (χ0v) is 18.2. The highest BCUT2D eigenvalue weighted by molar-refractivity contribution is 7.16. The van der Waals surface area contributed by atoms with Crippen molar-refractivity contribution < 1.29 is 23.8 Å². The van der Waals surface area contributed by atoms with Gasteiger partial charge in [-0.15, -0.1) is 11.3 Å². The molecule has 1 heterocycles. The molecule has 0 saturated carbocycles. The van der Waals surface area contributed by atoms with Crippen LogP contribution in [0.2, 0.25) is 0 Å². The summed E-state index contributed by atoms with van der Waals surface area (Å²) in [5.74, 6) is 0.540. The maximum Gasteiger partial charge on any atom is 0.310 e. The number of anilines is 1. The van der Waals surface area contributed by atoms with Gasteiger partial charge >= 0.3 is 5.97 Å². The quantitative estimate of drug-likeness (QED) is 0.419. The van der Waals surface area contributed by atoms with Gasteiger partial charge in [0.15, 0.2) is 5.13 Å². The standard InChI is InChI=1S/C23H22N2O5S/c1-28-17-10-11-18(29-2)16(13-17)9-12-20(26)24-23-25-22(15-7-5-4-6-8-15)19(31-23)14-21(27)30-3/h4-13H,14H2,1-3H3,(H,24,25,26)/b12-9+. The van der Waals surface area contributed by atoms with E-state index in [1.165, 1.54) is 24.5 Å². The largest absolute Gasteiger partial charge is 0.497 e. The Kier molecular flexibility index (Phi) is 7.40. The molecule has 0 bridgehead atoms. The first-order chi connectivity index (χ1) is 15.0. The number of methoxy groups -OCH3 is 3. The van der Waals surface area contributed by atoms with Gasteiger partial charge in [0.05, 0.1) is 33.4 Å². The molecule has 7 nitrogen and oxygen atoms in total. The van der Waals surface area contributed by atoms with E-state index in [1.54, 1.807) is 38.5 Å². The van der Waals surface area contributed by atoms with Crippen molar-refractivity contribution in [3.8, 4) is 22.8 Å². The van der Waals surface area contributed by atoms with Gasteiger partial charge in [-0.1, -0.05) is 30.3 Å². The first kappa shape index (κ1) is 22.0. The predicted molar refractivity (Wildman–Crippen MR) is 120 cm³/mol. The third-order valence-corrected chi connectivity index (χ3v) is 5.33. The predicted octanol–water partition coefficient (Wildman–Crippen LogP) is 4.19. The van der Waals surface area contributed by atoms with E-state index in [0.717, 1.165) is 5.56 Å². The summed E-state index contributed by atoms with van der Waals surface area (Å²) in [6.45, 7) is 0. The molecule has 160 valence electrons. The van der Waals surface area contributed by atoms with Crippen LogP contribution in [0.3, 0.4) is 0 Å². The van der Waals surface area contributed by atoms with Crippen molar-refractivity contribution >= 4 is 34.4 Å². The first-order valence-corrected chi connectivity index (χ1v) is 10.2. The summed E-state index contributed by atoms with van der Waals surface area (Å²) < 4.78 is 15.3. The lowest BCUT2D eigenvalue weighted by atomic mass is 10.1. The minimum absolute atomic E-state index is 0.0745. The first-order valence-electron chi connectivity index (χ1n) is 9.37. The van der Waals surface area contributed by atoms with E-state index in [9.17, 15) is 9.59 Å². The van der Waals surface area contributed by atoms with E-state index in [4.69, 9.17) is 14.2 Å². The van der Waals surface area contributed by atoms with Gasteiger partial charge in [-0.05, 0) is 24.3 Å². The molecule has 1 aromatic heterocycles. The van der Waals surface area contributed by atoms with Crippen LogP contribution in [0.4, 0.5) is 5.13 Å². The van der Waals surface area contributed by atoms with Gasteiger partial charge < -0.3 is 14.2 Å². The second kappa shape index (κ2) is 10.4. The Morgan fingerprint density at radius 3 is 2.52 bits per heavy atom. The Hall–Kier alpha value is -3.65. The monoisotopic (exact) mass is 438 g/mol. The van der Waals surface area contributed by atoms with Crippen LogP contribution >= 0.6 is 11.3 Å². The Morgan fingerprint density at radius 1 is 1.06 bits per heavy atom. The molecule has 1 amide bonds. The smallest absolute Gasteiger partial charge is 0.310 e. The summed E-state index contributed by atoms with van der Waals surface area (Å²) in [6.07, 6.45) is 3.10. The number of nitrogens with zero attached hydrogens (tertiary/aromatic N) is 1. The number of carbonyl (C=O) groups is 2. The zero-order valence-electron chi connectivity index (χ0n) is 17.4. The number of thiazole rings is 1. The molecule has 0 radical (unpaired) electrons. The highest BCUT2D eigenvalue weighted by Crippen LogP contribution is 2.32. The van der Waals surface area contributed by atoms with Gasteiger partial charge in [0.1, 0.15) is 11.5 Å². The molecule has 0 aliphatic carbocycles. The fourth-order valence-electron chi connectivity index (χ4n) is 2.83. The molecule has 0 saturated heterocycles. The van der Waals surface area contributed by atoms with E-state index in [0.29, 0.717) is 32.8 Å². The molecule has 8 heteroatoms. The lowest BCUT2D eigenvalue weighted by molar-refractivity contribution is -0.139. The average molecular weight is 439 g/mol. The van der Waals surface area contributed by atoms with Crippen molar-refractivity contribution in [2.45, 2.75) is 6.42 Å². The number of rotatable bonds is 8. The van der Waals surface area contributed by atoms with Crippen LogP contribution in [0.15, 0.2) is 54.6 Å². The van der Waals surface area contributed by atoms with Crippen molar-refractivity contribution in [1.82, 2.24) is 4.98 Å². The van der Waals surface area contributed by atoms with Gasteiger partial charge in [-0.2, -0.15) is 0 Å². The van der Waals surface area contributed by atoms with E-state index in [-0.39, 0.29) is 18.3 Å². The van der Waals surface area contributed by atoms with Gasteiger partial charge in [0, 0.05) is 22.1 Å². The molecule has 0 atom stereocenters. The van der Waals surface area contributed by atoms with Crippen molar-refractivity contribution in [3.63, 3.8) is 0 Å². The van der Waals surface area contributed by atoms with Gasteiger partial charge in [-0.3, -0.25) is 14.9 Å². The Morgan fingerprint density at radius 2 is 1.84 bits per heavy atom. The maximum absolute atomic E-state index is 12.5. The topological polar surface area (TPSA) is 86.8 Å². The minimum atomic E-state index is -0.372. The van der Waals surface area contributed by atoms with Gasteiger partial charge in [-0.25, -0.2) is 4.98 Å². The number of ether oxygens (including phenoxy) is 3. The fourth-order valence-corrected chi connectivity index (χ4v) is 3.80. The molecular formula is C23H22N2O5S. The van der Waals surface area contributed by atoms with Crippen molar-refractivity contribution in [1.29, 1.82) is 0 Å². The highest BCUT2D eigenvalue weighted by Gasteiger charge is 2.17. The van der Waals surface area contributed by atoms with Crippen LogP contribution in [-0.2, 0) is 20.7 Å². The zero-order chi connectivity index (χ0) is 22.2. The second-order valence-electron chi connectivity index (χ2n) is 6.34. The lowest BCUT2D eigenvalue weighted by Gasteiger charge is -2.07. The third-order valence-electron chi connectivity index (χ3n) is 4.36. The number of hydrogen-bond donors (Lipinski definition) is 1. The van der Waals surface area contributed by atoms with Crippen LogP contribution < -0.4 is 14.8 Å². The average Bonchev–Trinajstić information content (AvgIpc) is 3.19. The van der Waals surface area contributed by atoms with Crippen LogP contribution in [0.5, 0.6) is 11.5 Å². The third kappa shape index (κ3) is 5.70. The summed E-state index contributed by atoms with van der Waals surface area (Å²) in [4.78, 5) is 29.5. The van der Waals surface area contributed by atoms with Crippen LogP contribution in [0.1, 0.15) is 10.4 Å². The number of carbonyl (C=O) groups excluding carboxylic acids is 2. The molecule has 0 aliphatic heterocycles. The lowest BCUT2D eigenvalue weighted by Crippen LogP contribution is -2.07. The number of esters is 1. The number of nitrogens with one attached hydrogen (secondary N) is 1. The molecule has 3 aromatic rings. The van der Waals surface area contributed by atoms with Crippen molar-refractivity contribution in [2.75, 3.05) is 26.6 Å². The van der Waals surface area contributed by atoms with E-state index >= 15 is 0 Å². The summed E-state index contributed by atoms with van der Waals surface area (Å²) in [5, 5.41) is 3.15. The number of amides is 1. The molecule has 3 rings (SSSR count). The Balaban J connectivity index is 1.81. The normalized spacial score (nSPS) is 10.7. The molecule has 0 fully saturated rings. The van der Waals surface area contributed by atoms with Crippen LogP contribution in [0.25, 0.3) is 17.3 Å². The van der Waals surface area contributed by atoms with Crippen molar-refractivity contribution in [3.05, 3.63) is 65.0 Å². The SMILES string of the molecule is COC(=O)Cc1sc(NC(=O)/C=C/c2cc(OC)ccc2OC)nc1-c1ccccc1. The summed E-state index contributed by atoms with van der Waals surface area (Å²) in [5.41, 5.74) is 2.20. The molecule has 31 heavy (non-hydrogen) atoms. The van der Waals surface area contributed by atoms with Crippen molar-refractivity contribution in [2.24, 2.45) is 0 Å². The summed E-state index contributed by atoms with van der Waals surface area (Å²) >= 11 is 1.24. The Labute approximate surface area is 184 Å². The number of benzene rings is 2. The molecule has 0 aliphatic rings. The van der Waals surface area contributed by atoms with E-state index < -0.39 is 0 Å². The fraction of sp³-hybridized carbons (Fsp3) is 0.174. The summed E-state index contributed by atoms with van der Waals surface area (Å²) in [6, 6.07) is 14.8. The number of aromatic nitrogens is 1. The summed E-state index contributed by atoms with van der Waals surface area (Å²) in [7, 11) is 4.47. The molecular weight excluding hydrogens is 416 g/mol. The molecule has 2 aromatic carbocycles. The van der Waals surface area contributed by atoms with Crippen LogP contribution in [-0.4, -0.2) is 38.2 Å². The van der Waals surface area contributed by atoms with Gasteiger partial charge in [0.2, 0.25) is 5.91 Å². The minimum Gasteiger partial charge on any atom is -0.497 e. The number of hydrogen-bond acceptors (Lipinski definition) is 7. The van der Waals surface area contributed by atoms with E-state index in [1.807, 2.05) is 30.3 Å². The Bertz CT molecular complexity index is 1090. The van der Waals surface area contributed by atoms with Gasteiger partial charge in [0.25, 0.3) is 0 Å². The molecule has 0 spiro atoms. The second-order valence-corrected chi connectivity index (χ2v) is 7.42. The van der Waals surface area contributed by atoms with E-state index in [2.05, 4.69) is 10.3 Å².